The van der Waals surface area contributed by atoms with Gasteiger partial charge in [0.15, 0.2) is 11.5 Å². The summed E-state index contributed by atoms with van der Waals surface area (Å²) in [5, 5.41) is 5.53. The van der Waals surface area contributed by atoms with Crippen molar-refractivity contribution in [3.8, 4) is 11.5 Å². The Labute approximate surface area is 121 Å². The van der Waals surface area contributed by atoms with Crippen molar-refractivity contribution in [1.29, 1.82) is 0 Å². The van der Waals surface area contributed by atoms with Crippen LogP contribution < -0.4 is 20.1 Å². The lowest BCUT2D eigenvalue weighted by Crippen LogP contribution is -2.44. The first kappa shape index (κ1) is 14.5. The quantitative estimate of drug-likeness (QED) is 0.879. The molecule has 0 saturated carbocycles. The van der Waals surface area contributed by atoms with Crippen molar-refractivity contribution < 1.29 is 19.1 Å². The van der Waals surface area contributed by atoms with Crippen LogP contribution in [0.5, 0.6) is 11.5 Å². The van der Waals surface area contributed by atoms with Gasteiger partial charge >= 0.3 is 0 Å². The van der Waals surface area contributed by atoms with Crippen LogP contribution in [0.15, 0.2) is 12.1 Å². The Hall–Kier alpha value is -1.95. The average molecular weight is 299 g/mol. The number of nitrogens with one attached hydrogen (secondary N) is 2. The minimum absolute atomic E-state index is 0.0788. The van der Waals surface area contributed by atoms with Gasteiger partial charge in [0.25, 0.3) is 5.91 Å². The van der Waals surface area contributed by atoms with Gasteiger partial charge in [0.1, 0.15) is 6.04 Å². The zero-order chi connectivity index (χ0) is 14.7. The van der Waals surface area contributed by atoms with Crippen LogP contribution in [-0.4, -0.2) is 31.2 Å². The Bertz CT molecular complexity index is 547. The molecule has 1 aromatic carbocycles. The first-order valence-electron chi connectivity index (χ1n) is 6.20. The second-order valence-electron chi connectivity index (χ2n) is 4.28. The third-order valence-electron chi connectivity index (χ3n) is 2.78. The molecule has 1 aliphatic heterocycles. The molecule has 0 saturated heterocycles. The molecule has 0 bridgehead atoms. The lowest BCUT2D eigenvalue weighted by atomic mass is 10.1. The van der Waals surface area contributed by atoms with E-state index in [4.69, 9.17) is 21.1 Å². The third kappa shape index (κ3) is 2.96. The number of halogens is 1. The monoisotopic (exact) mass is 298 g/mol. The van der Waals surface area contributed by atoms with Gasteiger partial charge in [-0.3, -0.25) is 9.59 Å². The highest BCUT2D eigenvalue weighted by Gasteiger charge is 2.22. The molecular formula is C13H15ClN2O4. The zero-order valence-corrected chi connectivity index (χ0v) is 11.9. The molecular weight excluding hydrogens is 284 g/mol. The molecule has 7 heteroatoms. The van der Waals surface area contributed by atoms with Gasteiger partial charge in [-0.15, -0.1) is 0 Å². The van der Waals surface area contributed by atoms with Crippen LogP contribution in [-0.2, 0) is 4.79 Å². The highest BCUT2D eigenvalue weighted by Crippen LogP contribution is 2.39. The topological polar surface area (TPSA) is 76.7 Å². The van der Waals surface area contributed by atoms with Crippen LogP contribution in [0, 0.1) is 0 Å². The van der Waals surface area contributed by atoms with Crippen LogP contribution in [0.1, 0.15) is 24.2 Å². The predicted molar refractivity (Wildman–Crippen MR) is 73.2 cm³/mol. The number of likely N-dealkylation sites (N-methyl/N-ethyl adjacent to an activating group) is 1. The Balaban J connectivity index is 2.10. The molecule has 0 fully saturated rings. The summed E-state index contributed by atoms with van der Waals surface area (Å²) < 4.78 is 10.4. The van der Waals surface area contributed by atoms with Crippen LogP contribution in [0.4, 0.5) is 0 Å². The van der Waals surface area contributed by atoms with Crippen LogP contribution in [0.2, 0.25) is 5.02 Å². The molecule has 0 radical (unpaired) electrons. The smallest absolute Gasteiger partial charge is 0.252 e. The SMILES string of the molecule is CCNC(=O)[C@@H](C)NC(=O)c1cc(Cl)c2c(c1)OCO2. The molecule has 2 amide bonds. The first-order valence-corrected chi connectivity index (χ1v) is 6.58. The van der Waals surface area contributed by atoms with Gasteiger partial charge < -0.3 is 20.1 Å². The Morgan fingerprint density at radius 1 is 1.40 bits per heavy atom. The number of hydrogen-bond acceptors (Lipinski definition) is 4. The molecule has 1 aliphatic rings. The van der Waals surface area contributed by atoms with Gasteiger partial charge in [-0.1, -0.05) is 11.6 Å². The van der Waals surface area contributed by atoms with E-state index in [1.54, 1.807) is 6.92 Å². The van der Waals surface area contributed by atoms with E-state index < -0.39 is 11.9 Å². The predicted octanol–water partition coefficient (Wildman–Crippen LogP) is 1.32. The van der Waals surface area contributed by atoms with Crippen molar-refractivity contribution >= 4 is 23.4 Å². The molecule has 108 valence electrons. The van der Waals surface area contributed by atoms with Crippen molar-refractivity contribution in [3.05, 3.63) is 22.7 Å². The molecule has 20 heavy (non-hydrogen) atoms. The summed E-state index contributed by atoms with van der Waals surface area (Å²) in [4.78, 5) is 23.6. The van der Waals surface area contributed by atoms with Crippen molar-refractivity contribution in [2.75, 3.05) is 13.3 Å². The molecule has 2 N–H and O–H groups in total. The minimum atomic E-state index is -0.633. The van der Waals surface area contributed by atoms with E-state index in [-0.39, 0.29) is 12.7 Å². The number of amides is 2. The van der Waals surface area contributed by atoms with Gasteiger partial charge in [-0.05, 0) is 26.0 Å². The normalized spacial score (nSPS) is 13.8. The van der Waals surface area contributed by atoms with Crippen molar-refractivity contribution in [2.45, 2.75) is 19.9 Å². The van der Waals surface area contributed by atoms with Gasteiger partial charge in [0.2, 0.25) is 12.7 Å². The second-order valence-corrected chi connectivity index (χ2v) is 4.69. The van der Waals surface area contributed by atoms with Gasteiger partial charge in [-0.25, -0.2) is 0 Å². The maximum Gasteiger partial charge on any atom is 0.252 e. The fourth-order valence-electron chi connectivity index (χ4n) is 1.77. The second kappa shape index (κ2) is 6.00. The summed E-state index contributed by atoms with van der Waals surface area (Å²) in [5.74, 6) is 0.213. The molecule has 2 rings (SSSR count). The van der Waals surface area contributed by atoms with E-state index >= 15 is 0 Å². The van der Waals surface area contributed by atoms with Crippen molar-refractivity contribution in [2.24, 2.45) is 0 Å². The molecule has 1 heterocycles. The number of rotatable bonds is 4. The van der Waals surface area contributed by atoms with Crippen LogP contribution >= 0.6 is 11.6 Å². The Morgan fingerprint density at radius 2 is 2.15 bits per heavy atom. The van der Waals surface area contributed by atoms with E-state index in [1.165, 1.54) is 12.1 Å². The van der Waals surface area contributed by atoms with Crippen LogP contribution in [0.25, 0.3) is 0 Å². The summed E-state index contributed by atoms with van der Waals surface area (Å²) in [5.41, 5.74) is 0.315. The van der Waals surface area contributed by atoms with E-state index in [1.807, 2.05) is 6.92 Å². The maximum absolute atomic E-state index is 12.1. The standard InChI is InChI=1S/C13H15ClN2O4/c1-3-15-12(17)7(2)16-13(18)8-4-9(14)11-10(5-8)19-6-20-11/h4-5,7H,3,6H2,1-2H3,(H,15,17)(H,16,18)/t7-/m1/s1. The summed E-state index contributed by atoms with van der Waals surface area (Å²) >= 11 is 6.00. The fourth-order valence-corrected chi connectivity index (χ4v) is 2.04. The first-order chi connectivity index (χ1) is 9.52. The molecule has 0 unspecified atom stereocenters. The van der Waals surface area contributed by atoms with Crippen LogP contribution in [0.3, 0.4) is 0 Å². The summed E-state index contributed by atoms with van der Waals surface area (Å²) in [7, 11) is 0. The third-order valence-corrected chi connectivity index (χ3v) is 3.06. The lowest BCUT2D eigenvalue weighted by Gasteiger charge is -2.13. The number of ether oxygens (including phenoxy) is 2. The zero-order valence-electron chi connectivity index (χ0n) is 11.2. The number of carbonyl (C=O) groups excluding carboxylic acids is 2. The summed E-state index contributed by atoms with van der Waals surface area (Å²) in [6.45, 7) is 4.01. The van der Waals surface area contributed by atoms with Gasteiger partial charge in [0.05, 0.1) is 5.02 Å². The average Bonchev–Trinajstić information content (AvgIpc) is 2.87. The maximum atomic E-state index is 12.1. The van der Waals surface area contributed by atoms with E-state index in [0.29, 0.717) is 28.6 Å². The lowest BCUT2D eigenvalue weighted by molar-refractivity contribution is -0.122. The molecule has 1 aromatic rings. The molecule has 6 nitrogen and oxygen atoms in total. The van der Waals surface area contributed by atoms with Crippen molar-refractivity contribution in [3.63, 3.8) is 0 Å². The highest BCUT2D eigenvalue weighted by molar-refractivity contribution is 6.32. The summed E-state index contributed by atoms with van der Waals surface area (Å²) in [6.07, 6.45) is 0. The largest absolute Gasteiger partial charge is 0.454 e. The Kier molecular flexibility index (Phi) is 4.34. The Morgan fingerprint density at radius 3 is 2.85 bits per heavy atom. The van der Waals surface area contributed by atoms with Crippen molar-refractivity contribution in [1.82, 2.24) is 10.6 Å². The summed E-state index contributed by atoms with van der Waals surface area (Å²) in [6, 6.07) is 2.38. The molecule has 1 atom stereocenters. The molecule has 0 spiro atoms. The molecule has 0 aliphatic carbocycles. The minimum Gasteiger partial charge on any atom is -0.454 e. The van der Waals surface area contributed by atoms with E-state index in [2.05, 4.69) is 10.6 Å². The van der Waals surface area contributed by atoms with E-state index in [9.17, 15) is 9.59 Å². The number of hydrogen-bond donors (Lipinski definition) is 2. The highest BCUT2D eigenvalue weighted by atomic mass is 35.5. The van der Waals surface area contributed by atoms with Gasteiger partial charge in [0, 0.05) is 12.1 Å². The number of fused-ring (bicyclic) bond motifs is 1. The number of benzene rings is 1. The van der Waals surface area contributed by atoms with E-state index in [0.717, 1.165) is 0 Å². The molecule has 0 aromatic heterocycles. The fraction of sp³-hybridized carbons (Fsp3) is 0.385. The van der Waals surface area contributed by atoms with Gasteiger partial charge in [-0.2, -0.15) is 0 Å². The number of carbonyl (C=O) groups is 2.